The molecule has 19 heavy (non-hydrogen) atoms. The maximum Gasteiger partial charge on any atom is 0.242 e. The number of nitrogens with zero attached hydrogens (tertiary/aromatic N) is 2. The minimum absolute atomic E-state index is 0.0538. The van der Waals surface area contributed by atoms with Crippen molar-refractivity contribution in [2.75, 3.05) is 32.7 Å². The molecule has 1 rings (SSSR count). The first-order valence-electron chi connectivity index (χ1n) is 7.03. The summed E-state index contributed by atoms with van der Waals surface area (Å²) in [5.41, 5.74) is 0.0784. The van der Waals surface area contributed by atoms with E-state index in [1.165, 1.54) is 0 Å². The van der Waals surface area contributed by atoms with Gasteiger partial charge in [0.1, 0.15) is 0 Å². The summed E-state index contributed by atoms with van der Waals surface area (Å²) in [6, 6.07) is 0. The van der Waals surface area contributed by atoms with Crippen molar-refractivity contribution in [3.8, 4) is 0 Å². The van der Waals surface area contributed by atoms with E-state index >= 15 is 0 Å². The summed E-state index contributed by atoms with van der Waals surface area (Å²) in [5, 5.41) is 3.42. The summed E-state index contributed by atoms with van der Waals surface area (Å²) in [4.78, 5) is 27.0. The highest BCUT2D eigenvalue weighted by Crippen LogP contribution is 2.09. The number of amides is 2. The van der Waals surface area contributed by atoms with E-state index in [0.717, 1.165) is 6.54 Å². The Balaban J connectivity index is 2.44. The number of likely N-dealkylation sites (N-methyl/N-ethyl adjacent to an activating group) is 1. The van der Waals surface area contributed by atoms with Gasteiger partial charge < -0.3 is 15.1 Å². The van der Waals surface area contributed by atoms with Crippen LogP contribution in [0.5, 0.6) is 0 Å². The molecule has 1 unspecified atom stereocenters. The maximum absolute atomic E-state index is 12.0. The molecule has 110 valence electrons. The number of carbonyl (C=O) groups is 2. The molecule has 1 aliphatic heterocycles. The van der Waals surface area contributed by atoms with Crippen LogP contribution in [0.4, 0.5) is 0 Å². The predicted octanol–water partition coefficient (Wildman–Crippen LogP) is 0.701. The highest BCUT2D eigenvalue weighted by molar-refractivity contribution is 5.92. The molecule has 2 amide bonds. The number of rotatable bonds is 5. The molecule has 1 heterocycles. The average Bonchev–Trinajstić information content (AvgIpc) is 2.30. The molecular weight excluding hydrogens is 242 g/mol. The van der Waals surface area contributed by atoms with Crippen LogP contribution in [0.1, 0.15) is 34.6 Å². The van der Waals surface area contributed by atoms with Crippen LogP contribution in [0.2, 0.25) is 0 Å². The zero-order chi connectivity index (χ0) is 14.6. The third kappa shape index (κ3) is 5.19. The topological polar surface area (TPSA) is 52.7 Å². The van der Waals surface area contributed by atoms with Crippen LogP contribution in [0, 0.1) is 5.92 Å². The summed E-state index contributed by atoms with van der Waals surface area (Å²) in [5.74, 6) is 0.450. The predicted molar refractivity (Wildman–Crippen MR) is 75.8 cm³/mol. The van der Waals surface area contributed by atoms with Crippen molar-refractivity contribution in [1.82, 2.24) is 15.1 Å². The van der Waals surface area contributed by atoms with Crippen LogP contribution in [-0.2, 0) is 9.59 Å². The standard InChI is InChI=1S/C14H27N3O2/c1-6-16-9-13(19)17(10-12(16)18)8-11(2)7-15-14(3,4)5/h11,15H,6-10H2,1-5H3. The van der Waals surface area contributed by atoms with Gasteiger partial charge in [-0.3, -0.25) is 9.59 Å². The van der Waals surface area contributed by atoms with Gasteiger partial charge in [0.15, 0.2) is 0 Å². The van der Waals surface area contributed by atoms with Crippen molar-refractivity contribution in [3.63, 3.8) is 0 Å². The molecule has 0 saturated carbocycles. The largest absolute Gasteiger partial charge is 0.332 e. The molecular formula is C14H27N3O2. The summed E-state index contributed by atoms with van der Waals surface area (Å²) < 4.78 is 0. The molecule has 1 aliphatic rings. The van der Waals surface area contributed by atoms with Crippen molar-refractivity contribution >= 4 is 11.8 Å². The number of hydrogen-bond acceptors (Lipinski definition) is 3. The molecule has 0 radical (unpaired) electrons. The maximum atomic E-state index is 12.0. The first-order chi connectivity index (χ1) is 8.73. The fourth-order valence-corrected chi connectivity index (χ4v) is 2.08. The van der Waals surface area contributed by atoms with E-state index in [1.807, 2.05) is 6.92 Å². The second-order valence-electron chi connectivity index (χ2n) is 6.42. The van der Waals surface area contributed by atoms with Gasteiger partial charge in [0.25, 0.3) is 0 Å². The fourth-order valence-electron chi connectivity index (χ4n) is 2.08. The number of carbonyl (C=O) groups excluding carboxylic acids is 2. The fraction of sp³-hybridized carbons (Fsp3) is 0.857. The molecule has 1 fully saturated rings. The second kappa shape index (κ2) is 6.37. The van der Waals surface area contributed by atoms with E-state index in [0.29, 0.717) is 19.0 Å². The number of nitrogens with one attached hydrogen (secondary N) is 1. The Kier molecular flexibility index (Phi) is 5.35. The zero-order valence-electron chi connectivity index (χ0n) is 12.8. The molecule has 0 spiro atoms. The van der Waals surface area contributed by atoms with Crippen molar-refractivity contribution in [2.24, 2.45) is 5.92 Å². The van der Waals surface area contributed by atoms with Crippen molar-refractivity contribution in [1.29, 1.82) is 0 Å². The van der Waals surface area contributed by atoms with Gasteiger partial charge in [0, 0.05) is 18.6 Å². The quantitative estimate of drug-likeness (QED) is 0.799. The smallest absolute Gasteiger partial charge is 0.242 e. The summed E-state index contributed by atoms with van der Waals surface area (Å²) in [6.45, 7) is 12.9. The van der Waals surface area contributed by atoms with Crippen LogP contribution >= 0.6 is 0 Å². The molecule has 1 N–H and O–H groups in total. The highest BCUT2D eigenvalue weighted by Gasteiger charge is 2.29. The first-order valence-corrected chi connectivity index (χ1v) is 7.03. The molecule has 0 aromatic heterocycles. The third-order valence-corrected chi connectivity index (χ3v) is 3.25. The average molecular weight is 269 g/mol. The third-order valence-electron chi connectivity index (χ3n) is 3.25. The van der Waals surface area contributed by atoms with Gasteiger partial charge in [0.2, 0.25) is 11.8 Å². The van der Waals surface area contributed by atoms with E-state index in [2.05, 4.69) is 33.0 Å². The Morgan fingerprint density at radius 3 is 2.21 bits per heavy atom. The van der Waals surface area contributed by atoms with Crippen molar-refractivity contribution in [2.45, 2.75) is 40.2 Å². The van der Waals surface area contributed by atoms with Gasteiger partial charge in [-0.25, -0.2) is 0 Å². The highest BCUT2D eigenvalue weighted by atomic mass is 16.2. The summed E-state index contributed by atoms with van der Waals surface area (Å²) in [7, 11) is 0. The SMILES string of the molecule is CCN1CC(=O)N(CC(C)CNC(C)(C)C)CC1=O. The number of hydrogen-bond donors (Lipinski definition) is 1. The molecule has 1 saturated heterocycles. The Labute approximate surface area is 116 Å². The van der Waals surface area contributed by atoms with Crippen LogP contribution in [0.25, 0.3) is 0 Å². The van der Waals surface area contributed by atoms with Crippen molar-refractivity contribution in [3.05, 3.63) is 0 Å². The van der Waals surface area contributed by atoms with E-state index in [4.69, 9.17) is 0 Å². The van der Waals surface area contributed by atoms with E-state index in [9.17, 15) is 9.59 Å². The van der Waals surface area contributed by atoms with Crippen LogP contribution in [0.3, 0.4) is 0 Å². The van der Waals surface area contributed by atoms with Crippen LogP contribution < -0.4 is 5.32 Å². The van der Waals surface area contributed by atoms with E-state index in [-0.39, 0.29) is 30.4 Å². The van der Waals surface area contributed by atoms with E-state index in [1.54, 1.807) is 9.80 Å². The summed E-state index contributed by atoms with van der Waals surface area (Å²) >= 11 is 0. The van der Waals surface area contributed by atoms with E-state index < -0.39 is 0 Å². The second-order valence-corrected chi connectivity index (χ2v) is 6.42. The monoisotopic (exact) mass is 269 g/mol. The Bertz CT molecular complexity index is 336. The molecule has 5 nitrogen and oxygen atoms in total. The Morgan fingerprint density at radius 1 is 1.16 bits per heavy atom. The van der Waals surface area contributed by atoms with Crippen molar-refractivity contribution < 1.29 is 9.59 Å². The number of piperazine rings is 1. The van der Waals surface area contributed by atoms with Crippen LogP contribution in [-0.4, -0.2) is 59.9 Å². The van der Waals surface area contributed by atoms with Gasteiger partial charge in [-0.1, -0.05) is 6.92 Å². The Morgan fingerprint density at radius 2 is 1.68 bits per heavy atom. The lowest BCUT2D eigenvalue weighted by Gasteiger charge is -2.35. The van der Waals surface area contributed by atoms with Gasteiger partial charge in [-0.05, 0) is 40.2 Å². The molecule has 0 bridgehead atoms. The zero-order valence-corrected chi connectivity index (χ0v) is 12.8. The van der Waals surface area contributed by atoms with Gasteiger partial charge in [0.05, 0.1) is 13.1 Å². The lowest BCUT2D eigenvalue weighted by atomic mass is 10.1. The molecule has 0 aromatic rings. The Hall–Kier alpha value is -1.10. The normalized spacial score (nSPS) is 19.0. The molecule has 0 aliphatic carbocycles. The minimum Gasteiger partial charge on any atom is -0.332 e. The van der Waals surface area contributed by atoms with Gasteiger partial charge in [-0.2, -0.15) is 0 Å². The minimum atomic E-state index is 0.0538. The lowest BCUT2D eigenvalue weighted by molar-refractivity contribution is -0.150. The lowest BCUT2D eigenvalue weighted by Crippen LogP contribution is -2.55. The van der Waals surface area contributed by atoms with Gasteiger partial charge >= 0.3 is 0 Å². The molecule has 5 heteroatoms. The summed E-state index contributed by atoms with van der Waals surface area (Å²) in [6.07, 6.45) is 0. The molecule has 0 aromatic carbocycles. The van der Waals surface area contributed by atoms with Gasteiger partial charge in [-0.15, -0.1) is 0 Å². The first kappa shape index (κ1) is 16.0. The van der Waals surface area contributed by atoms with Crippen LogP contribution in [0.15, 0.2) is 0 Å². The molecule has 1 atom stereocenters.